The van der Waals surface area contributed by atoms with Gasteiger partial charge in [0.1, 0.15) is 17.8 Å². The van der Waals surface area contributed by atoms with E-state index in [-0.39, 0.29) is 24.5 Å². The van der Waals surface area contributed by atoms with Crippen molar-refractivity contribution in [3.63, 3.8) is 0 Å². The van der Waals surface area contributed by atoms with Crippen molar-refractivity contribution in [2.45, 2.75) is 156 Å². The minimum absolute atomic E-state index is 0.0957. The van der Waals surface area contributed by atoms with Gasteiger partial charge in [0.15, 0.2) is 8.32 Å². The highest BCUT2D eigenvalue weighted by molar-refractivity contribution is 6.74. The molecule has 2 bridgehead atoms. The first-order chi connectivity index (χ1) is 36.7. The summed E-state index contributed by atoms with van der Waals surface area (Å²) >= 11 is 0. The van der Waals surface area contributed by atoms with Crippen molar-refractivity contribution >= 4 is 42.8 Å². The van der Waals surface area contributed by atoms with E-state index in [2.05, 4.69) is 57.0 Å². The number of aromatic amines is 1. The number of rotatable bonds is 15. The molecule has 3 aromatic carbocycles. The molecule has 0 radical (unpaired) electrons. The summed E-state index contributed by atoms with van der Waals surface area (Å²) in [4.78, 5) is 54.9. The van der Waals surface area contributed by atoms with E-state index in [9.17, 15) is 15.0 Å². The smallest absolute Gasteiger partial charge is 0.342 e. The molecule has 10 atom stereocenters. The van der Waals surface area contributed by atoms with E-state index in [4.69, 9.17) is 23.4 Å². The second-order valence-electron chi connectivity index (χ2n) is 23.8. The Hall–Kier alpha value is -5.03. The van der Waals surface area contributed by atoms with Gasteiger partial charge < -0.3 is 43.5 Å². The maximum Gasteiger partial charge on any atom is 0.342 e. The van der Waals surface area contributed by atoms with Gasteiger partial charge in [-0.05, 0) is 104 Å². The van der Waals surface area contributed by atoms with Crippen molar-refractivity contribution in [2.24, 2.45) is 11.3 Å². The number of ether oxygens (including phenoxy) is 4. The Bertz CT molecular complexity index is 2870. The predicted octanol–water partition coefficient (Wildman–Crippen LogP) is 8.49. The molecule has 15 heteroatoms. The van der Waals surface area contributed by atoms with Crippen LogP contribution in [-0.2, 0) is 56.9 Å². The molecular weight excluding hydrogens is 977 g/mol. The molecular formula is C61H80N4O10Si. The average molecular weight is 1060 g/mol. The Morgan fingerprint density at radius 1 is 0.855 bits per heavy atom. The highest BCUT2D eigenvalue weighted by atomic mass is 28.4. The molecule has 76 heavy (non-hydrogen) atoms. The molecule has 4 aromatic rings. The fourth-order valence-electron chi connectivity index (χ4n) is 16.7. The second kappa shape index (κ2) is 20.3. The molecule has 2 unspecified atom stereocenters. The van der Waals surface area contributed by atoms with E-state index in [1.54, 1.807) is 7.11 Å². The van der Waals surface area contributed by atoms with Crippen molar-refractivity contribution < 1.29 is 48.0 Å². The van der Waals surface area contributed by atoms with Crippen LogP contribution in [-0.4, -0.2) is 142 Å². The Kier molecular flexibility index (Phi) is 14.2. The maximum absolute atomic E-state index is 15.7. The third-order valence-corrected chi connectivity index (χ3v) is 24.5. The van der Waals surface area contributed by atoms with Crippen molar-refractivity contribution in [1.82, 2.24) is 14.8 Å². The first kappa shape index (κ1) is 53.0. The molecule has 1 aromatic heterocycles. The number of fused-ring (bicyclic) bond motifs is 6. The van der Waals surface area contributed by atoms with E-state index in [0.29, 0.717) is 82.3 Å². The quantitative estimate of drug-likeness (QED) is 0.0342. The largest absolute Gasteiger partial charge is 0.496 e. The number of hydrogen-bond donors (Lipinski definition) is 3. The van der Waals surface area contributed by atoms with Crippen molar-refractivity contribution in [3.05, 3.63) is 107 Å². The molecule has 11 rings (SSSR count). The zero-order chi connectivity index (χ0) is 53.3. The summed E-state index contributed by atoms with van der Waals surface area (Å²) in [5, 5.41) is 27.6. The van der Waals surface area contributed by atoms with E-state index >= 15 is 9.59 Å². The SMILES string of the molecule is CC[C@]1(O)C[C@@H]2CN(CCc3c([nH]c4ccccc34)[C@@](C(=O)OC)(c3cc4c(cc3OC)N(C)[C@H]3[C@@](O)(C(=O)OC)[C@H](O[Si]5(CCCCC(=O)OCc6ccccc6)CCCCC5)[C@]5(CC)C=CCN6CC[C@]43C65)C2)C1. The molecule has 14 nitrogen and oxygen atoms in total. The lowest BCUT2D eigenvalue weighted by molar-refractivity contribution is -0.214. The number of aliphatic hydroxyl groups is 2. The van der Waals surface area contributed by atoms with Gasteiger partial charge in [0.05, 0.1) is 39.1 Å². The van der Waals surface area contributed by atoms with E-state index < -0.39 is 59.8 Å². The maximum atomic E-state index is 15.7. The molecule has 3 N–H and O–H groups in total. The van der Waals surface area contributed by atoms with Crippen LogP contribution in [0.3, 0.4) is 0 Å². The normalized spacial score (nSPS) is 33.2. The number of hydrogen-bond acceptors (Lipinski definition) is 13. The minimum Gasteiger partial charge on any atom is -0.496 e. The summed E-state index contributed by atoms with van der Waals surface area (Å²) in [5.74, 6) is -0.941. The van der Waals surface area contributed by atoms with Gasteiger partial charge in [-0.1, -0.05) is 100 Å². The molecule has 1 spiro atoms. The Morgan fingerprint density at radius 3 is 2.36 bits per heavy atom. The van der Waals surface area contributed by atoms with Gasteiger partial charge in [0.2, 0.25) is 5.60 Å². The lowest BCUT2D eigenvalue weighted by Crippen LogP contribution is -2.82. The number of nitrogens with one attached hydrogen (secondary N) is 1. The number of aromatic nitrogens is 1. The molecule has 408 valence electrons. The van der Waals surface area contributed by atoms with Crippen LogP contribution in [0.25, 0.3) is 10.9 Å². The van der Waals surface area contributed by atoms with E-state index in [0.717, 1.165) is 95.9 Å². The Balaban J connectivity index is 1.05. The number of para-hydroxylation sites is 1. The molecule has 7 heterocycles. The number of unbranched alkanes of at least 4 members (excludes halogenated alkanes) is 1. The Labute approximate surface area is 449 Å². The molecule has 6 aliphatic heterocycles. The number of benzene rings is 3. The fourth-order valence-corrected chi connectivity index (χ4v) is 21.4. The van der Waals surface area contributed by atoms with Gasteiger partial charge in [0, 0.05) is 90.4 Å². The second-order valence-corrected chi connectivity index (χ2v) is 27.9. The summed E-state index contributed by atoms with van der Waals surface area (Å²) < 4.78 is 32.1. The number of methoxy groups -OCH3 is 3. The van der Waals surface area contributed by atoms with Crippen LogP contribution in [0, 0.1) is 11.3 Å². The van der Waals surface area contributed by atoms with Gasteiger partial charge in [-0.2, -0.15) is 0 Å². The van der Waals surface area contributed by atoms with Crippen LogP contribution >= 0.6 is 0 Å². The number of carbonyl (C=O) groups is 3. The topological polar surface area (TPSA) is 163 Å². The van der Waals surface area contributed by atoms with Crippen LogP contribution in [0.15, 0.2) is 78.9 Å². The molecule has 0 amide bonds. The number of piperidine rings is 1. The van der Waals surface area contributed by atoms with Crippen molar-refractivity contribution in [2.75, 3.05) is 66.0 Å². The third kappa shape index (κ3) is 8.21. The lowest BCUT2D eigenvalue weighted by Gasteiger charge is -2.65. The fraction of sp³-hybridized carbons (Fsp3) is 0.590. The lowest BCUT2D eigenvalue weighted by atomic mass is 9.47. The Morgan fingerprint density at radius 2 is 1.62 bits per heavy atom. The van der Waals surface area contributed by atoms with E-state index in [1.165, 1.54) is 14.2 Å². The average Bonchev–Trinajstić information content (AvgIpc) is 4.21. The number of likely N-dealkylation sites (N-methyl/N-ethyl adjacent to an activating group) is 1. The zero-order valence-corrected chi connectivity index (χ0v) is 46.7. The number of carbonyl (C=O) groups excluding carboxylic acids is 3. The summed E-state index contributed by atoms with van der Waals surface area (Å²) in [7, 11) is 3.77. The van der Waals surface area contributed by atoms with Crippen LogP contribution in [0.2, 0.25) is 18.1 Å². The highest BCUT2D eigenvalue weighted by Crippen LogP contribution is 2.69. The number of anilines is 1. The van der Waals surface area contributed by atoms with Crippen LogP contribution in [0.1, 0.15) is 112 Å². The van der Waals surface area contributed by atoms with E-state index in [1.807, 2.05) is 62.5 Å². The van der Waals surface area contributed by atoms with Crippen LogP contribution in [0.4, 0.5) is 5.69 Å². The summed E-state index contributed by atoms with van der Waals surface area (Å²) in [6, 6.07) is 23.8. The standard InChI is InChI=1S/C61H80N4O10Si/c1-7-57(69)36-42-37-60(55(67)72-5,51-44(25-29-64(38-42)40-57)43-22-13-14-23-47(43)62-51)46-34-45-48(35-49(46)71-4)63(3)53-59(45)27-30-65-28-19-26-58(8-2,52(59)65)54(61(53,70)56(68)73-6)75-76(31-16-10-17-32-76)33-18-15-24-50(66)74-39-41-20-11-9-12-21-41/h9,11-14,19-23,26,34-35,42,52-54,62,69-70H,7-8,10,15-18,24-25,27-33,36-40H2,1-6H3/t42-,52?,53+,54+,57-,58+,59+,60-,61-/m0/s1. The van der Waals surface area contributed by atoms with Gasteiger partial charge in [-0.15, -0.1) is 0 Å². The van der Waals surface area contributed by atoms with Crippen molar-refractivity contribution in [3.8, 4) is 5.75 Å². The van der Waals surface area contributed by atoms with Crippen LogP contribution in [0.5, 0.6) is 5.75 Å². The zero-order valence-electron chi connectivity index (χ0n) is 45.7. The number of esters is 3. The highest BCUT2D eigenvalue weighted by Gasteiger charge is 2.80. The number of H-pyrrole nitrogens is 1. The van der Waals surface area contributed by atoms with Crippen LogP contribution < -0.4 is 9.64 Å². The summed E-state index contributed by atoms with van der Waals surface area (Å²) in [6.45, 7) is 7.89. The summed E-state index contributed by atoms with van der Waals surface area (Å²) in [6.07, 6.45) is 11.7. The molecule has 7 aliphatic rings. The van der Waals surface area contributed by atoms with Crippen molar-refractivity contribution in [1.29, 1.82) is 0 Å². The third-order valence-electron chi connectivity index (χ3n) is 20.0. The van der Waals surface area contributed by atoms with Gasteiger partial charge in [0.25, 0.3) is 0 Å². The van der Waals surface area contributed by atoms with Gasteiger partial charge in [-0.3, -0.25) is 19.4 Å². The summed E-state index contributed by atoms with van der Waals surface area (Å²) in [5.41, 5.74) is -0.0587. The minimum atomic E-state index is -2.72. The number of nitrogens with zero attached hydrogens (tertiary/aromatic N) is 3. The van der Waals surface area contributed by atoms with Gasteiger partial charge >= 0.3 is 17.9 Å². The predicted molar refractivity (Wildman–Crippen MR) is 294 cm³/mol. The first-order valence-electron chi connectivity index (χ1n) is 28.4. The first-order valence-corrected chi connectivity index (χ1v) is 30.9. The molecule has 4 fully saturated rings. The molecule has 3 saturated heterocycles. The molecule has 1 aliphatic carbocycles. The monoisotopic (exact) mass is 1060 g/mol. The van der Waals surface area contributed by atoms with Gasteiger partial charge in [-0.25, -0.2) is 4.79 Å². The molecule has 1 saturated carbocycles.